The molecular formula is C12H23NO2. The van der Waals surface area contributed by atoms with Crippen LogP contribution in [0.5, 0.6) is 0 Å². The first-order valence-electron chi connectivity index (χ1n) is 6.35. The van der Waals surface area contributed by atoms with E-state index in [-0.39, 0.29) is 6.10 Å². The number of aliphatic hydroxyl groups excluding tert-OH is 1. The van der Waals surface area contributed by atoms with Crippen molar-refractivity contribution in [2.24, 2.45) is 0 Å². The van der Waals surface area contributed by atoms with E-state index in [2.05, 4.69) is 11.8 Å². The summed E-state index contributed by atoms with van der Waals surface area (Å²) in [6, 6.07) is 0.410. The largest absolute Gasteiger partial charge is 0.391 e. The van der Waals surface area contributed by atoms with Crippen molar-refractivity contribution in [3.63, 3.8) is 0 Å². The second kappa shape index (κ2) is 5.28. The van der Waals surface area contributed by atoms with Crippen LogP contribution in [0.3, 0.4) is 0 Å². The summed E-state index contributed by atoms with van der Waals surface area (Å²) in [4.78, 5) is 2.45. The highest BCUT2D eigenvalue weighted by Gasteiger charge is 2.33. The van der Waals surface area contributed by atoms with Gasteiger partial charge in [0.2, 0.25) is 0 Å². The van der Waals surface area contributed by atoms with Crippen molar-refractivity contribution in [3.8, 4) is 0 Å². The van der Waals surface area contributed by atoms with Gasteiger partial charge in [-0.25, -0.2) is 0 Å². The minimum absolute atomic E-state index is 0.0922. The second-order valence-electron chi connectivity index (χ2n) is 4.78. The van der Waals surface area contributed by atoms with Crippen LogP contribution in [0.1, 0.15) is 39.0 Å². The molecule has 2 aliphatic rings. The molecule has 1 aliphatic carbocycles. The third kappa shape index (κ3) is 2.71. The molecule has 3 atom stereocenters. The van der Waals surface area contributed by atoms with Gasteiger partial charge in [-0.2, -0.15) is 0 Å². The van der Waals surface area contributed by atoms with Crippen LogP contribution < -0.4 is 0 Å². The topological polar surface area (TPSA) is 32.7 Å². The van der Waals surface area contributed by atoms with Crippen LogP contribution in [0, 0.1) is 0 Å². The molecule has 2 fully saturated rings. The molecule has 0 spiro atoms. The summed E-state index contributed by atoms with van der Waals surface area (Å²) >= 11 is 0. The Kier molecular flexibility index (Phi) is 4.00. The molecule has 1 heterocycles. The molecule has 0 bridgehead atoms. The number of rotatable bonds is 3. The molecule has 3 nitrogen and oxygen atoms in total. The minimum atomic E-state index is -0.0922. The van der Waals surface area contributed by atoms with E-state index in [0.717, 1.165) is 26.1 Å². The summed E-state index contributed by atoms with van der Waals surface area (Å²) in [6.45, 7) is 5.04. The third-order valence-corrected chi connectivity index (χ3v) is 3.72. The third-order valence-electron chi connectivity index (χ3n) is 3.72. The maximum Gasteiger partial charge on any atom is 0.0702 e. The zero-order chi connectivity index (χ0) is 10.7. The summed E-state index contributed by atoms with van der Waals surface area (Å²) in [5.74, 6) is 0. The van der Waals surface area contributed by atoms with Crippen LogP contribution in [-0.4, -0.2) is 48.0 Å². The van der Waals surface area contributed by atoms with E-state index in [0.29, 0.717) is 12.1 Å². The number of hydrogen-bond donors (Lipinski definition) is 1. The average Bonchev–Trinajstić information content (AvgIpc) is 2.65. The highest BCUT2D eigenvalue weighted by molar-refractivity contribution is 4.88. The van der Waals surface area contributed by atoms with Gasteiger partial charge >= 0.3 is 0 Å². The zero-order valence-corrected chi connectivity index (χ0v) is 9.69. The predicted molar refractivity (Wildman–Crippen MR) is 59.9 cm³/mol. The van der Waals surface area contributed by atoms with E-state index in [1.807, 2.05) is 0 Å². The molecule has 1 aliphatic heterocycles. The molecule has 1 unspecified atom stereocenters. The van der Waals surface area contributed by atoms with E-state index in [9.17, 15) is 5.11 Å². The van der Waals surface area contributed by atoms with Gasteiger partial charge in [-0.1, -0.05) is 0 Å². The first kappa shape index (κ1) is 11.4. The SMILES string of the molecule is CCOC1CCCN([C@@H]2CCC[C@H]2O)C1. The summed E-state index contributed by atoms with van der Waals surface area (Å²) in [6.07, 6.45) is 6.05. The minimum Gasteiger partial charge on any atom is -0.391 e. The lowest BCUT2D eigenvalue weighted by atomic mass is 10.0. The molecule has 1 saturated heterocycles. The van der Waals surface area contributed by atoms with Gasteiger partial charge in [0.15, 0.2) is 0 Å². The molecule has 0 radical (unpaired) electrons. The molecule has 88 valence electrons. The lowest BCUT2D eigenvalue weighted by molar-refractivity contribution is -0.0251. The van der Waals surface area contributed by atoms with Crippen molar-refractivity contribution in [3.05, 3.63) is 0 Å². The first-order valence-corrected chi connectivity index (χ1v) is 6.35. The van der Waals surface area contributed by atoms with Crippen molar-refractivity contribution in [2.75, 3.05) is 19.7 Å². The van der Waals surface area contributed by atoms with Crippen molar-refractivity contribution in [1.29, 1.82) is 0 Å². The van der Waals surface area contributed by atoms with Crippen LogP contribution in [0.25, 0.3) is 0 Å². The van der Waals surface area contributed by atoms with Crippen molar-refractivity contribution >= 4 is 0 Å². The monoisotopic (exact) mass is 213 g/mol. The summed E-state index contributed by atoms with van der Waals surface area (Å²) < 4.78 is 5.68. The Morgan fingerprint density at radius 3 is 2.80 bits per heavy atom. The van der Waals surface area contributed by atoms with Gasteiger partial charge < -0.3 is 9.84 Å². The fourth-order valence-electron chi connectivity index (χ4n) is 2.99. The zero-order valence-electron chi connectivity index (χ0n) is 9.69. The second-order valence-corrected chi connectivity index (χ2v) is 4.78. The van der Waals surface area contributed by atoms with Gasteiger partial charge in [0.05, 0.1) is 12.2 Å². The van der Waals surface area contributed by atoms with E-state index < -0.39 is 0 Å². The van der Waals surface area contributed by atoms with E-state index >= 15 is 0 Å². The summed E-state index contributed by atoms with van der Waals surface area (Å²) in [5, 5.41) is 9.87. The maximum absolute atomic E-state index is 9.87. The van der Waals surface area contributed by atoms with E-state index in [1.165, 1.54) is 25.7 Å². The highest BCUT2D eigenvalue weighted by atomic mass is 16.5. The Bertz CT molecular complexity index is 196. The standard InChI is InChI=1S/C12H23NO2/c1-2-15-10-5-4-8-13(9-10)11-6-3-7-12(11)14/h10-12,14H,2-9H2,1H3/t10?,11-,12-/m1/s1. The lowest BCUT2D eigenvalue weighted by Crippen LogP contribution is -2.48. The molecule has 0 amide bonds. The fraction of sp³-hybridized carbons (Fsp3) is 1.00. The quantitative estimate of drug-likeness (QED) is 0.769. The maximum atomic E-state index is 9.87. The van der Waals surface area contributed by atoms with Crippen molar-refractivity contribution in [2.45, 2.75) is 57.3 Å². The molecule has 1 saturated carbocycles. The molecule has 3 heteroatoms. The number of nitrogens with zero attached hydrogens (tertiary/aromatic N) is 1. The first-order chi connectivity index (χ1) is 7.31. The Balaban J connectivity index is 1.86. The Morgan fingerprint density at radius 1 is 1.27 bits per heavy atom. The smallest absolute Gasteiger partial charge is 0.0702 e. The van der Waals surface area contributed by atoms with Gasteiger partial charge in [-0.05, 0) is 45.6 Å². The normalized spacial score (nSPS) is 38.4. The Labute approximate surface area is 92.4 Å². The highest BCUT2D eigenvalue weighted by Crippen LogP contribution is 2.27. The van der Waals surface area contributed by atoms with Gasteiger partial charge in [0.25, 0.3) is 0 Å². The number of hydrogen-bond acceptors (Lipinski definition) is 3. The molecule has 1 N–H and O–H groups in total. The summed E-state index contributed by atoms with van der Waals surface area (Å²) in [5.41, 5.74) is 0. The van der Waals surface area contributed by atoms with Gasteiger partial charge in [-0.3, -0.25) is 4.90 Å². The Morgan fingerprint density at radius 2 is 2.13 bits per heavy atom. The number of likely N-dealkylation sites (tertiary alicyclic amines) is 1. The molecule has 0 aromatic heterocycles. The van der Waals surface area contributed by atoms with E-state index in [4.69, 9.17) is 4.74 Å². The fourth-order valence-corrected chi connectivity index (χ4v) is 2.99. The molecule has 0 aromatic carbocycles. The average molecular weight is 213 g/mol. The lowest BCUT2D eigenvalue weighted by Gasteiger charge is -2.37. The predicted octanol–water partition coefficient (Wildman–Crippen LogP) is 1.40. The van der Waals surface area contributed by atoms with Crippen LogP contribution >= 0.6 is 0 Å². The molecule has 15 heavy (non-hydrogen) atoms. The molecule has 2 rings (SSSR count). The van der Waals surface area contributed by atoms with Gasteiger partial charge in [0, 0.05) is 19.2 Å². The van der Waals surface area contributed by atoms with Crippen molar-refractivity contribution < 1.29 is 9.84 Å². The van der Waals surface area contributed by atoms with Gasteiger partial charge in [0.1, 0.15) is 0 Å². The molecular weight excluding hydrogens is 190 g/mol. The summed E-state index contributed by atoms with van der Waals surface area (Å²) in [7, 11) is 0. The Hall–Kier alpha value is -0.120. The van der Waals surface area contributed by atoms with Crippen molar-refractivity contribution in [1.82, 2.24) is 4.90 Å². The number of aliphatic hydroxyl groups is 1. The van der Waals surface area contributed by atoms with Crippen LogP contribution in [0.15, 0.2) is 0 Å². The van der Waals surface area contributed by atoms with E-state index in [1.54, 1.807) is 0 Å². The van der Waals surface area contributed by atoms with Crippen LogP contribution in [-0.2, 0) is 4.74 Å². The van der Waals surface area contributed by atoms with Crippen LogP contribution in [0.4, 0.5) is 0 Å². The number of ether oxygens (including phenoxy) is 1. The van der Waals surface area contributed by atoms with Crippen LogP contribution in [0.2, 0.25) is 0 Å². The van der Waals surface area contributed by atoms with Gasteiger partial charge in [-0.15, -0.1) is 0 Å². The molecule has 0 aromatic rings. The number of piperidine rings is 1.